The van der Waals surface area contributed by atoms with Gasteiger partial charge in [-0.3, -0.25) is 5.43 Å². The van der Waals surface area contributed by atoms with E-state index in [9.17, 15) is 0 Å². The minimum atomic E-state index is 0.0523. The molecule has 7 nitrogen and oxygen atoms in total. The van der Waals surface area contributed by atoms with Crippen LogP contribution in [-0.2, 0) is 0 Å². The first kappa shape index (κ1) is 12.8. The number of aromatic nitrogens is 3. The van der Waals surface area contributed by atoms with Crippen LogP contribution < -0.4 is 21.3 Å². The molecule has 0 amide bonds. The summed E-state index contributed by atoms with van der Waals surface area (Å²) in [5, 5.41) is 3.35. The third-order valence-corrected chi connectivity index (χ3v) is 3.14. The smallest absolute Gasteiger partial charge is 0.323 e. The van der Waals surface area contributed by atoms with Crippen LogP contribution in [0.3, 0.4) is 0 Å². The van der Waals surface area contributed by atoms with Crippen LogP contribution in [0.4, 0.5) is 11.9 Å². The Labute approximate surface area is 107 Å². The number of nitrogens with zero attached hydrogens (tertiary/aromatic N) is 3. The molecule has 0 aliphatic heterocycles. The van der Waals surface area contributed by atoms with E-state index in [0.717, 1.165) is 12.8 Å². The Balaban J connectivity index is 2.17. The molecular formula is C11H20N6O. The van der Waals surface area contributed by atoms with Crippen LogP contribution in [0.5, 0.6) is 6.01 Å². The zero-order valence-electron chi connectivity index (χ0n) is 10.9. The number of nitrogens with two attached hydrogens (primary N) is 1. The van der Waals surface area contributed by atoms with E-state index in [1.165, 1.54) is 12.8 Å². The summed E-state index contributed by atoms with van der Waals surface area (Å²) in [6.07, 6.45) is 4.70. The fourth-order valence-corrected chi connectivity index (χ4v) is 2.22. The second-order valence-corrected chi connectivity index (χ2v) is 4.74. The van der Waals surface area contributed by atoms with Crippen LogP contribution in [0, 0.1) is 0 Å². The second kappa shape index (κ2) is 5.34. The van der Waals surface area contributed by atoms with Crippen LogP contribution in [-0.4, -0.2) is 27.1 Å². The van der Waals surface area contributed by atoms with Gasteiger partial charge in [-0.05, 0) is 26.7 Å². The molecule has 18 heavy (non-hydrogen) atoms. The quantitative estimate of drug-likeness (QED) is 0.536. The molecule has 100 valence electrons. The molecule has 2 rings (SSSR count). The number of rotatable bonds is 5. The van der Waals surface area contributed by atoms with Gasteiger partial charge >= 0.3 is 6.01 Å². The standard InChI is InChI=1S/C11H20N6O/c1-3-18-10-14-8(13-9(15-10)17-12)16-11(2)6-4-5-7-11/h3-7,12H2,1-2H3,(H2,13,14,15,16,17). The van der Waals surface area contributed by atoms with Gasteiger partial charge in [0.2, 0.25) is 11.9 Å². The molecule has 0 saturated heterocycles. The average Bonchev–Trinajstić information content (AvgIpc) is 2.75. The molecule has 1 aromatic rings. The van der Waals surface area contributed by atoms with Gasteiger partial charge in [0.25, 0.3) is 0 Å². The molecule has 0 spiro atoms. The molecule has 1 aliphatic carbocycles. The van der Waals surface area contributed by atoms with E-state index in [1.54, 1.807) is 0 Å². The Hall–Kier alpha value is -1.63. The Morgan fingerprint density at radius 3 is 2.50 bits per heavy atom. The van der Waals surface area contributed by atoms with Gasteiger partial charge < -0.3 is 10.1 Å². The number of hydrogen-bond donors (Lipinski definition) is 3. The van der Waals surface area contributed by atoms with Gasteiger partial charge in [-0.15, -0.1) is 0 Å². The summed E-state index contributed by atoms with van der Waals surface area (Å²) in [5.41, 5.74) is 2.47. The Bertz CT molecular complexity index is 405. The van der Waals surface area contributed by atoms with Crippen LogP contribution in [0.25, 0.3) is 0 Å². The number of ether oxygens (including phenoxy) is 1. The molecule has 7 heteroatoms. The van der Waals surface area contributed by atoms with Crippen molar-refractivity contribution in [3.05, 3.63) is 0 Å². The van der Waals surface area contributed by atoms with Crippen LogP contribution in [0.1, 0.15) is 39.5 Å². The molecule has 4 N–H and O–H groups in total. The predicted molar refractivity (Wildman–Crippen MR) is 69.3 cm³/mol. The molecule has 1 saturated carbocycles. The highest BCUT2D eigenvalue weighted by atomic mass is 16.5. The highest BCUT2D eigenvalue weighted by Gasteiger charge is 2.29. The minimum Gasteiger partial charge on any atom is -0.464 e. The molecule has 1 aromatic heterocycles. The Kier molecular flexibility index (Phi) is 3.81. The van der Waals surface area contributed by atoms with Gasteiger partial charge in [-0.2, -0.15) is 15.0 Å². The van der Waals surface area contributed by atoms with Gasteiger partial charge in [-0.1, -0.05) is 12.8 Å². The molecule has 1 fully saturated rings. The van der Waals surface area contributed by atoms with E-state index in [2.05, 4.69) is 32.6 Å². The first-order valence-corrected chi connectivity index (χ1v) is 6.29. The zero-order chi connectivity index (χ0) is 13.0. The van der Waals surface area contributed by atoms with E-state index >= 15 is 0 Å². The van der Waals surface area contributed by atoms with Crippen molar-refractivity contribution in [2.75, 3.05) is 17.3 Å². The summed E-state index contributed by atoms with van der Waals surface area (Å²) in [4.78, 5) is 12.4. The Morgan fingerprint density at radius 1 is 1.22 bits per heavy atom. The van der Waals surface area contributed by atoms with Crippen molar-refractivity contribution in [2.24, 2.45) is 5.84 Å². The van der Waals surface area contributed by atoms with E-state index in [0.29, 0.717) is 18.5 Å². The van der Waals surface area contributed by atoms with Gasteiger partial charge in [-0.25, -0.2) is 5.84 Å². The van der Waals surface area contributed by atoms with Gasteiger partial charge in [0.1, 0.15) is 0 Å². The topological polar surface area (TPSA) is 98.0 Å². The number of nitrogens with one attached hydrogen (secondary N) is 2. The maximum atomic E-state index is 5.34. The number of nitrogen functional groups attached to an aromatic ring is 1. The highest BCUT2D eigenvalue weighted by Crippen LogP contribution is 2.31. The Morgan fingerprint density at radius 2 is 1.89 bits per heavy atom. The maximum Gasteiger partial charge on any atom is 0.323 e. The summed E-state index contributed by atoms with van der Waals surface area (Å²) in [6, 6.07) is 0.282. The van der Waals surface area contributed by atoms with Crippen molar-refractivity contribution in [3.8, 4) is 6.01 Å². The average molecular weight is 252 g/mol. The molecular weight excluding hydrogens is 232 g/mol. The second-order valence-electron chi connectivity index (χ2n) is 4.74. The number of hydrazine groups is 1. The van der Waals surface area contributed by atoms with Crippen molar-refractivity contribution in [1.29, 1.82) is 0 Å². The highest BCUT2D eigenvalue weighted by molar-refractivity contribution is 5.37. The van der Waals surface area contributed by atoms with Gasteiger partial charge in [0.05, 0.1) is 6.61 Å². The van der Waals surface area contributed by atoms with Gasteiger partial charge in [0.15, 0.2) is 0 Å². The largest absolute Gasteiger partial charge is 0.464 e. The first-order valence-electron chi connectivity index (χ1n) is 6.29. The monoisotopic (exact) mass is 252 g/mol. The number of hydrogen-bond acceptors (Lipinski definition) is 7. The molecule has 0 atom stereocenters. The lowest BCUT2D eigenvalue weighted by molar-refractivity contribution is 0.312. The predicted octanol–water partition coefficient (Wildman–Crippen LogP) is 1.30. The van der Waals surface area contributed by atoms with E-state index in [1.807, 2.05) is 6.92 Å². The van der Waals surface area contributed by atoms with Crippen molar-refractivity contribution in [3.63, 3.8) is 0 Å². The fourth-order valence-electron chi connectivity index (χ4n) is 2.22. The van der Waals surface area contributed by atoms with E-state index in [4.69, 9.17) is 10.6 Å². The van der Waals surface area contributed by atoms with Crippen LogP contribution >= 0.6 is 0 Å². The molecule has 1 heterocycles. The van der Waals surface area contributed by atoms with Crippen LogP contribution in [0.15, 0.2) is 0 Å². The summed E-state index contributed by atoms with van der Waals surface area (Å²) >= 11 is 0. The lowest BCUT2D eigenvalue weighted by atomic mass is 10.0. The zero-order valence-corrected chi connectivity index (χ0v) is 10.9. The summed E-state index contributed by atoms with van der Waals surface area (Å²) in [6.45, 7) is 4.56. The summed E-state index contributed by atoms with van der Waals surface area (Å²) in [5.74, 6) is 6.15. The van der Waals surface area contributed by atoms with Crippen molar-refractivity contribution < 1.29 is 4.74 Å². The molecule has 1 aliphatic rings. The molecule has 0 aromatic carbocycles. The first-order chi connectivity index (χ1) is 8.65. The molecule has 0 radical (unpaired) electrons. The summed E-state index contributed by atoms with van der Waals surface area (Å²) < 4.78 is 5.29. The fraction of sp³-hybridized carbons (Fsp3) is 0.727. The van der Waals surface area contributed by atoms with Crippen molar-refractivity contribution >= 4 is 11.9 Å². The van der Waals surface area contributed by atoms with E-state index in [-0.39, 0.29) is 11.5 Å². The SMILES string of the molecule is CCOc1nc(NN)nc(NC2(C)CCCC2)n1. The van der Waals surface area contributed by atoms with Crippen molar-refractivity contribution in [2.45, 2.75) is 45.1 Å². The maximum absolute atomic E-state index is 5.34. The minimum absolute atomic E-state index is 0.0523. The summed E-state index contributed by atoms with van der Waals surface area (Å²) in [7, 11) is 0. The van der Waals surface area contributed by atoms with Gasteiger partial charge in [0, 0.05) is 5.54 Å². The normalized spacial score (nSPS) is 17.5. The van der Waals surface area contributed by atoms with E-state index < -0.39 is 0 Å². The third-order valence-electron chi connectivity index (χ3n) is 3.14. The third kappa shape index (κ3) is 2.98. The molecule has 0 unspecified atom stereocenters. The number of anilines is 2. The van der Waals surface area contributed by atoms with Crippen molar-refractivity contribution in [1.82, 2.24) is 15.0 Å². The lowest BCUT2D eigenvalue weighted by Gasteiger charge is -2.25. The molecule has 0 bridgehead atoms. The lowest BCUT2D eigenvalue weighted by Crippen LogP contribution is -2.32. The van der Waals surface area contributed by atoms with Crippen LogP contribution in [0.2, 0.25) is 0 Å².